The minimum absolute atomic E-state index is 0.0774. The number of amides is 1. The highest BCUT2D eigenvalue weighted by molar-refractivity contribution is 5.80. The number of nitrogens with zero attached hydrogens (tertiary/aromatic N) is 6. The van der Waals surface area contributed by atoms with E-state index in [1.807, 2.05) is 6.07 Å². The fourth-order valence-electron chi connectivity index (χ4n) is 4.51. The molecular weight excluding hydrogens is 440 g/mol. The first-order chi connectivity index (χ1) is 16.5. The van der Waals surface area contributed by atoms with E-state index >= 15 is 0 Å². The van der Waals surface area contributed by atoms with E-state index in [9.17, 15) is 9.90 Å². The smallest absolute Gasteiger partial charge is 0.230 e. The molecule has 0 spiro atoms. The second-order valence-electron chi connectivity index (χ2n) is 9.19. The van der Waals surface area contributed by atoms with Crippen molar-refractivity contribution in [3.8, 4) is 11.3 Å². The van der Waals surface area contributed by atoms with Crippen LogP contribution in [0.3, 0.4) is 0 Å². The number of anilines is 3. The van der Waals surface area contributed by atoms with Crippen molar-refractivity contribution in [1.82, 2.24) is 24.8 Å². The zero-order chi connectivity index (χ0) is 23.7. The monoisotopic (exact) mass is 470 g/mol. The summed E-state index contributed by atoms with van der Waals surface area (Å²) < 4.78 is 10.7. The molecule has 0 unspecified atom stereocenters. The molecular formula is C22H30N8O4. The highest BCUT2D eigenvalue weighted by Crippen LogP contribution is 2.30. The Kier molecular flexibility index (Phi) is 6.19. The summed E-state index contributed by atoms with van der Waals surface area (Å²) in [4.78, 5) is 34.4. The maximum Gasteiger partial charge on any atom is 0.230 e. The molecule has 182 valence electrons. The summed E-state index contributed by atoms with van der Waals surface area (Å²) >= 11 is 0. The van der Waals surface area contributed by atoms with Crippen LogP contribution in [-0.4, -0.2) is 100 Å². The van der Waals surface area contributed by atoms with Gasteiger partial charge in [0.05, 0.1) is 56.2 Å². The fourth-order valence-corrected chi connectivity index (χ4v) is 4.51. The van der Waals surface area contributed by atoms with Gasteiger partial charge in [0.15, 0.2) is 0 Å². The molecule has 5 heterocycles. The van der Waals surface area contributed by atoms with Gasteiger partial charge in [-0.2, -0.15) is 4.98 Å². The number of carbonyl (C=O) groups is 1. The average Bonchev–Trinajstić information content (AvgIpc) is 3.23. The number of nitrogen functional groups attached to an aromatic ring is 1. The lowest BCUT2D eigenvalue weighted by molar-refractivity contribution is -0.148. The van der Waals surface area contributed by atoms with Gasteiger partial charge in [0, 0.05) is 43.7 Å². The Balaban J connectivity index is 1.44. The quantitative estimate of drug-likeness (QED) is 0.513. The normalized spacial score (nSPS) is 25.3. The third kappa shape index (κ3) is 4.48. The molecule has 0 saturated carbocycles. The molecule has 0 aromatic carbocycles. The van der Waals surface area contributed by atoms with Crippen molar-refractivity contribution in [3.63, 3.8) is 0 Å². The van der Waals surface area contributed by atoms with Crippen LogP contribution < -0.4 is 16.0 Å². The molecule has 1 amide bonds. The molecule has 2 aromatic heterocycles. The molecule has 4 N–H and O–H groups in total. The lowest BCUT2D eigenvalue weighted by Gasteiger charge is -2.34. The lowest BCUT2D eigenvalue weighted by atomic mass is 9.99. The van der Waals surface area contributed by atoms with E-state index < -0.39 is 5.54 Å². The maximum absolute atomic E-state index is 12.7. The SMILES string of the molecule is C[C@H]1COCCN1c1nc(N[C@@]2(CO)CCN(C(=O)C3COC3)C2)cc(-c2cnc(N)nc2)n1. The van der Waals surface area contributed by atoms with E-state index in [-0.39, 0.29) is 30.4 Å². The van der Waals surface area contributed by atoms with Crippen molar-refractivity contribution in [1.29, 1.82) is 0 Å². The van der Waals surface area contributed by atoms with Gasteiger partial charge in [-0.15, -0.1) is 0 Å². The second-order valence-corrected chi connectivity index (χ2v) is 9.19. The minimum atomic E-state index is -0.697. The molecule has 12 heteroatoms. The Morgan fingerprint density at radius 2 is 2.03 bits per heavy atom. The Morgan fingerprint density at radius 3 is 2.71 bits per heavy atom. The molecule has 3 fully saturated rings. The minimum Gasteiger partial charge on any atom is -0.394 e. The zero-order valence-corrected chi connectivity index (χ0v) is 19.2. The largest absolute Gasteiger partial charge is 0.394 e. The van der Waals surface area contributed by atoms with Crippen molar-refractivity contribution in [2.24, 2.45) is 5.92 Å². The van der Waals surface area contributed by atoms with E-state index in [1.54, 1.807) is 17.3 Å². The van der Waals surface area contributed by atoms with Gasteiger partial charge in [-0.3, -0.25) is 4.79 Å². The molecule has 3 aliphatic heterocycles. The van der Waals surface area contributed by atoms with Gasteiger partial charge in [0.2, 0.25) is 17.8 Å². The molecule has 0 aliphatic carbocycles. The van der Waals surface area contributed by atoms with Gasteiger partial charge >= 0.3 is 0 Å². The van der Waals surface area contributed by atoms with Crippen LogP contribution in [0.5, 0.6) is 0 Å². The Bertz CT molecular complexity index is 1030. The van der Waals surface area contributed by atoms with Crippen LogP contribution in [0.25, 0.3) is 11.3 Å². The van der Waals surface area contributed by atoms with Gasteiger partial charge in [-0.25, -0.2) is 15.0 Å². The molecule has 3 aliphatic rings. The number of aliphatic hydroxyl groups is 1. The van der Waals surface area contributed by atoms with Crippen LogP contribution >= 0.6 is 0 Å². The Morgan fingerprint density at radius 1 is 1.24 bits per heavy atom. The van der Waals surface area contributed by atoms with Gasteiger partial charge in [-0.1, -0.05) is 0 Å². The summed E-state index contributed by atoms with van der Waals surface area (Å²) in [6.45, 7) is 5.67. The number of rotatable bonds is 6. The summed E-state index contributed by atoms with van der Waals surface area (Å²) in [6.07, 6.45) is 3.86. The van der Waals surface area contributed by atoms with Crippen LogP contribution in [-0.2, 0) is 14.3 Å². The molecule has 5 rings (SSSR count). The van der Waals surface area contributed by atoms with E-state index in [2.05, 4.69) is 27.1 Å². The average molecular weight is 471 g/mol. The van der Waals surface area contributed by atoms with Gasteiger partial charge in [0.25, 0.3) is 0 Å². The topological polar surface area (TPSA) is 152 Å². The fraction of sp³-hybridized carbons (Fsp3) is 0.591. The van der Waals surface area contributed by atoms with Crippen LogP contribution in [0.1, 0.15) is 13.3 Å². The van der Waals surface area contributed by atoms with Gasteiger partial charge < -0.3 is 35.4 Å². The van der Waals surface area contributed by atoms with E-state index in [1.165, 1.54) is 0 Å². The van der Waals surface area contributed by atoms with Gasteiger partial charge in [-0.05, 0) is 13.3 Å². The van der Waals surface area contributed by atoms with Crippen molar-refractivity contribution in [3.05, 3.63) is 18.5 Å². The first-order valence-corrected chi connectivity index (χ1v) is 11.5. The third-order valence-corrected chi connectivity index (χ3v) is 6.66. The highest BCUT2D eigenvalue weighted by atomic mass is 16.5. The van der Waals surface area contributed by atoms with E-state index in [0.29, 0.717) is 75.5 Å². The Labute approximate surface area is 197 Å². The number of hydrogen-bond donors (Lipinski definition) is 3. The standard InChI is InChI=1S/C22H30N8O4/c1-14-9-33-5-4-30(14)21-26-17(15-7-24-20(23)25-8-15)6-18(27-21)28-22(13-31)2-3-29(12-22)19(32)16-10-34-11-16/h6-8,14,16,31H,2-5,9-13H2,1H3,(H2,23,24,25)(H,26,27,28)/t14-,22-/m0/s1. The highest BCUT2D eigenvalue weighted by Gasteiger charge is 2.43. The first-order valence-electron chi connectivity index (χ1n) is 11.5. The summed E-state index contributed by atoms with van der Waals surface area (Å²) in [7, 11) is 0. The molecule has 0 radical (unpaired) electrons. The summed E-state index contributed by atoms with van der Waals surface area (Å²) in [6, 6.07) is 1.92. The van der Waals surface area contributed by atoms with Crippen LogP contribution in [0.2, 0.25) is 0 Å². The second kappa shape index (κ2) is 9.28. The third-order valence-electron chi connectivity index (χ3n) is 6.66. The Hall–Kier alpha value is -3.09. The van der Waals surface area contributed by atoms with Crippen molar-refractivity contribution in [2.45, 2.75) is 24.9 Å². The molecule has 12 nitrogen and oxygen atoms in total. The number of carbonyl (C=O) groups excluding carboxylic acids is 1. The predicted molar refractivity (Wildman–Crippen MR) is 124 cm³/mol. The van der Waals surface area contributed by atoms with Crippen molar-refractivity contribution >= 4 is 23.6 Å². The molecule has 2 atom stereocenters. The number of ether oxygens (including phenoxy) is 2. The number of aromatic nitrogens is 4. The summed E-state index contributed by atoms with van der Waals surface area (Å²) in [5.41, 5.74) is 6.30. The van der Waals surface area contributed by atoms with Crippen molar-refractivity contribution in [2.75, 3.05) is 68.6 Å². The molecule has 2 aromatic rings. The molecule has 34 heavy (non-hydrogen) atoms. The van der Waals surface area contributed by atoms with Gasteiger partial charge in [0.1, 0.15) is 5.82 Å². The zero-order valence-electron chi connectivity index (χ0n) is 19.2. The molecule has 3 saturated heterocycles. The summed E-state index contributed by atoms with van der Waals surface area (Å²) in [5, 5.41) is 13.8. The van der Waals surface area contributed by atoms with E-state index in [4.69, 9.17) is 25.2 Å². The number of hydrogen-bond acceptors (Lipinski definition) is 11. The predicted octanol–water partition coefficient (Wildman–Crippen LogP) is -0.237. The number of nitrogens with two attached hydrogens (primary N) is 1. The molecule has 0 bridgehead atoms. The number of aliphatic hydroxyl groups excluding tert-OH is 1. The van der Waals surface area contributed by atoms with E-state index in [0.717, 1.165) is 0 Å². The van der Waals surface area contributed by atoms with Crippen LogP contribution in [0.4, 0.5) is 17.7 Å². The maximum atomic E-state index is 12.7. The number of nitrogens with one attached hydrogen (secondary N) is 1. The van der Waals surface area contributed by atoms with Crippen molar-refractivity contribution < 1.29 is 19.4 Å². The van der Waals surface area contributed by atoms with Crippen LogP contribution in [0.15, 0.2) is 18.5 Å². The number of likely N-dealkylation sites (tertiary alicyclic amines) is 1. The number of morpholine rings is 1. The lowest BCUT2D eigenvalue weighted by Crippen LogP contribution is -2.49. The van der Waals surface area contributed by atoms with Crippen LogP contribution in [0, 0.1) is 5.92 Å². The first kappa shape index (κ1) is 22.7. The summed E-state index contributed by atoms with van der Waals surface area (Å²) in [5.74, 6) is 1.29.